The lowest BCUT2D eigenvalue weighted by Crippen LogP contribution is -2.47. The minimum absolute atomic E-state index is 0.0691. The molecule has 0 aliphatic rings. The number of amides is 1. The molecule has 1 amide bonds. The molecule has 96 valence electrons. The van der Waals surface area contributed by atoms with Crippen molar-refractivity contribution in [3.63, 3.8) is 0 Å². The maximum atomic E-state index is 11.8. The number of nitrogens with one attached hydrogen (secondary N) is 1. The van der Waals surface area contributed by atoms with Crippen molar-refractivity contribution in [1.82, 2.24) is 10.2 Å². The van der Waals surface area contributed by atoms with Crippen molar-refractivity contribution in [2.24, 2.45) is 5.73 Å². The van der Waals surface area contributed by atoms with Crippen LogP contribution in [0.2, 0.25) is 0 Å². The van der Waals surface area contributed by atoms with Gasteiger partial charge >= 0.3 is 0 Å². The van der Waals surface area contributed by atoms with E-state index in [1.54, 1.807) is 0 Å². The minimum Gasteiger partial charge on any atom is -0.355 e. The first kappa shape index (κ1) is 15.4. The predicted molar refractivity (Wildman–Crippen MR) is 68.3 cm³/mol. The maximum Gasteiger partial charge on any atom is 0.237 e. The molecule has 4 heteroatoms. The van der Waals surface area contributed by atoms with Crippen LogP contribution in [-0.4, -0.2) is 43.0 Å². The zero-order valence-electron chi connectivity index (χ0n) is 11.0. The van der Waals surface area contributed by atoms with Crippen LogP contribution in [0.3, 0.4) is 0 Å². The molecule has 3 N–H and O–H groups in total. The van der Waals surface area contributed by atoms with E-state index in [1.807, 2.05) is 6.92 Å². The molecular formula is C12H27N3O. The van der Waals surface area contributed by atoms with Crippen LogP contribution in [0.15, 0.2) is 0 Å². The molecule has 0 saturated heterocycles. The van der Waals surface area contributed by atoms with Gasteiger partial charge in [0.25, 0.3) is 0 Å². The summed E-state index contributed by atoms with van der Waals surface area (Å²) in [6.45, 7) is 9.29. The van der Waals surface area contributed by atoms with Crippen molar-refractivity contribution >= 4 is 5.91 Å². The first-order valence-electron chi connectivity index (χ1n) is 6.39. The highest BCUT2D eigenvalue weighted by Crippen LogP contribution is 2.00. The molecule has 1 atom stereocenters. The molecule has 0 rings (SSSR count). The molecule has 1 unspecified atom stereocenters. The fraction of sp³-hybridized carbons (Fsp3) is 0.917. The van der Waals surface area contributed by atoms with Crippen molar-refractivity contribution in [2.45, 2.75) is 46.1 Å². The maximum absolute atomic E-state index is 11.8. The van der Waals surface area contributed by atoms with E-state index in [4.69, 9.17) is 5.73 Å². The summed E-state index contributed by atoms with van der Waals surface area (Å²) in [5.74, 6) is 0.121. The van der Waals surface area contributed by atoms with Crippen molar-refractivity contribution in [3.05, 3.63) is 0 Å². The van der Waals surface area contributed by atoms with E-state index in [0.29, 0.717) is 6.54 Å². The molecule has 0 heterocycles. The summed E-state index contributed by atoms with van der Waals surface area (Å²) in [5.41, 5.74) is 5.55. The van der Waals surface area contributed by atoms with Crippen LogP contribution in [0.1, 0.15) is 40.0 Å². The van der Waals surface area contributed by atoms with Gasteiger partial charge in [-0.25, -0.2) is 0 Å². The molecule has 0 radical (unpaired) electrons. The quantitative estimate of drug-likeness (QED) is 0.579. The lowest BCUT2D eigenvalue weighted by atomic mass is 10.2. The van der Waals surface area contributed by atoms with Crippen LogP contribution in [0.5, 0.6) is 0 Å². The van der Waals surface area contributed by atoms with E-state index < -0.39 is 0 Å². The van der Waals surface area contributed by atoms with Gasteiger partial charge < -0.3 is 11.1 Å². The monoisotopic (exact) mass is 229 g/mol. The predicted octanol–water partition coefficient (Wildman–Crippen LogP) is 0.962. The van der Waals surface area contributed by atoms with Crippen LogP contribution >= 0.6 is 0 Å². The Morgan fingerprint density at radius 2 is 2.00 bits per heavy atom. The SMILES string of the molecule is CCCCNC(=O)C(C)N(CCC)CCN. The molecule has 0 aliphatic carbocycles. The Morgan fingerprint density at radius 3 is 2.50 bits per heavy atom. The van der Waals surface area contributed by atoms with E-state index in [-0.39, 0.29) is 11.9 Å². The Morgan fingerprint density at radius 1 is 1.31 bits per heavy atom. The van der Waals surface area contributed by atoms with E-state index in [2.05, 4.69) is 24.1 Å². The second-order valence-electron chi connectivity index (χ2n) is 4.15. The molecule has 0 bridgehead atoms. The van der Waals surface area contributed by atoms with Crippen LogP contribution < -0.4 is 11.1 Å². The minimum atomic E-state index is -0.0691. The van der Waals surface area contributed by atoms with Crippen molar-refractivity contribution in [1.29, 1.82) is 0 Å². The fourth-order valence-electron chi connectivity index (χ4n) is 1.65. The first-order chi connectivity index (χ1) is 7.67. The summed E-state index contributed by atoms with van der Waals surface area (Å²) in [4.78, 5) is 14.0. The Kier molecular flexibility index (Phi) is 9.24. The number of unbranched alkanes of at least 4 members (excludes halogenated alkanes) is 1. The zero-order chi connectivity index (χ0) is 12.4. The van der Waals surface area contributed by atoms with Crippen molar-refractivity contribution in [2.75, 3.05) is 26.2 Å². The molecule has 0 spiro atoms. The Labute approximate surface area is 99.6 Å². The average Bonchev–Trinajstić information content (AvgIpc) is 2.28. The normalized spacial score (nSPS) is 12.8. The lowest BCUT2D eigenvalue weighted by Gasteiger charge is -2.27. The number of carbonyl (C=O) groups is 1. The van der Waals surface area contributed by atoms with Gasteiger partial charge in [-0.2, -0.15) is 0 Å². The standard InChI is InChI=1S/C12H27N3O/c1-4-6-8-14-12(16)11(3)15(9-5-2)10-7-13/h11H,4-10,13H2,1-3H3,(H,14,16). The Hall–Kier alpha value is -0.610. The molecule has 0 aromatic rings. The van der Waals surface area contributed by atoms with Gasteiger partial charge in [-0.3, -0.25) is 9.69 Å². The number of rotatable bonds is 9. The molecule has 16 heavy (non-hydrogen) atoms. The second-order valence-corrected chi connectivity index (χ2v) is 4.15. The Bertz CT molecular complexity index is 179. The fourth-order valence-corrected chi connectivity index (χ4v) is 1.65. The largest absolute Gasteiger partial charge is 0.355 e. The summed E-state index contributed by atoms with van der Waals surface area (Å²) in [7, 11) is 0. The molecule has 0 aromatic heterocycles. The third kappa shape index (κ3) is 6.08. The molecule has 0 aromatic carbocycles. The zero-order valence-corrected chi connectivity index (χ0v) is 11.0. The van der Waals surface area contributed by atoms with Gasteiger partial charge in [0.2, 0.25) is 5.91 Å². The smallest absolute Gasteiger partial charge is 0.237 e. The Balaban J connectivity index is 4.03. The van der Waals surface area contributed by atoms with Crippen LogP contribution in [0.4, 0.5) is 0 Å². The number of hydrogen-bond acceptors (Lipinski definition) is 3. The third-order valence-corrected chi connectivity index (χ3v) is 2.68. The van der Waals surface area contributed by atoms with E-state index in [9.17, 15) is 4.79 Å². The summed E-state index contributed by atoms with van der Waals surface area (Å²) in [5, 5.41) is 2.96. The summed E-state index contributed by atoms with van der Waals surface area (Å²) < 4.78 is 0. The third-order valence-electron chi connectivity index (χ3n) is 2.68. The molecule has 0 aliphatic heterocycles. The number of carbonyl (C=O) groups excluding carboxylic acids is 1. The molecule has 4 nitrogen and oxygen atoms in total. The van der Waals surface area contributed by atoms with Gasteiger partial charge in [0, 0.05) is 19.6 Å². The van der Waals surface area contributed by atoms with Gasteiger partial charge in [-0.1, -0.05) is 20.3 Å². The average molecular weight is 229 g/mol. The molecule has 0 saturated carbocycles. The number of nitrogens with two attached hydrogens (primary N) is 1. The van der Waals surface area contributed by atoms with Gasteiger partial charge in [0.1, 0.15) is 0 Å². The van der Waals surface area contributed by atoms with Gasteiger partial charge in [-0.05, 0) is 26.3 Å². The highest BCUT2D eigenvalue weighted by molar-refractivity contribution is 5.81. The summed E-state index contributed by atoms with van der Waals surface area (Å²) >= 11 is 0. The summed E-state index contributed by atoms with van der Waals surface area (Å²) in [6.07, 6.45) is 3.20. The van der Waals surface area contributed by atoms with Gasteiger partial charge in [0.05, 0.1) is 6.04 Å². The lowest BCUT2D eigenvalue weighted by molar-refractivity contribution is -0.125. The topological polar surface area (TPSA) is 58.4 Å². The second kappa shape index (κ2) is 9.60. The van der Waals surface area contributed by atoms with Gasteiger partial charge in [-0.15, -0.1) is 0 Å². The molecule has 0 fully saturated rings. The molecular weight excluding hydrogens is 202 g/mol. The highest BCUT2D eigenvalue weighted by atomic mass is 16.2. The number of hydrogen-bond donors (Lipinski definition) is 2. The van der Waals surface area contributed by atoms with Crippen LogP contribution in [0, 0.1) is 0 Å². The summed E-state index contributed by atoms with van der Waals surface area (Å²) in [6, 6.07) is -0.0691. The first-order valence-corrected chi connectivity index (χ1v) is 6.39. The van der Waals surface area contributed by atoms with E-state index >= 15 is 0 Å². The number of nitrogens with zero attached hydrogens (tertiary/aromatic N) is 1. The van der Waals surface area contributed by atoms with Crippen LogP contribution in [0.25, 0.3) is 0 Å². The highest BCUT2D eigenvalue weighted by Gasteiger charge is 2.19. The van der Waals surface area contributed by atoms with Gasteiger partial charge in [0.15, 0.2) is 0 Å². The van der Waals surface area contributed by atoms with Crippen LogP contribution in [-0.2, 0) is 4.79 Å². The van der Waals surface area contributed by atoms with Crippen molar-refractivity contribution < 1.29 is 4.79 Å². The van der Waals surface area contributed by atoms with E-state index in [1.165, 1.54) is 0 Å². The van der Waals surface area contributed by atoms with E-state index in [0.717, 1.165) is 38.9 Å². The van der Waals surface area contributed by atoms with Crippen molar-refractivity contribution in [3.8, 4) is 0 Å².